The van der Waals surface area contributed by atoms with E-state index in [0.29, 0.717) is 16.1 Å². The first-order valence-electron chi connectivity index (χ1n) is 7.67. The van der Waals surface area contributed by atoms with E-state index >= 15 is 0 Å². The van der Waals surface area contributed by atoms with Crippen molar-refractivity contribution in [2.45, 2.75) is 37.7 Å². The molecule has 0 saturated carbocycles. The van der Waals surface area contributed by atoms with E-state index in [0.717, 1.165) is 5.56 Å². The first-order valence-corrected chi connectivity index (χ1v) is 9.70. The first-order chi connectivity index (χ1) is 11.1. The number of halogens is 1. The number of hydrogen-bond acceptors (Lipinski definition) is 3. The third-order valence-electron chi connectivity index (χ3n) is 3.82. The second-order valence-corrected chi connectivity index (χ2v) is 9.98. The summed E-state index contributed by atoms with van der Waals surface area (Å²) in [6.45, 7) is 5.06. The molecule has 2 aromatic rings. The molecule has 0 aromatic heterocycles. The minimum Gasteiger partial charge on any atom is -0.294 e. The summed E-state index contributed by atoms with van der Waals surface area (Å²) in [6, 6.07) is 14.0. The maximum atomic E-state index is 12.3. The molecule has 24 heavy (non-hydrogen) atoms. The third kappa shape index (κ3) is 4.68. The van der Waals surface area contributed by atoms with E-state index < -0.39 is 14.6 Å². The maximum absolute atomic E-state index is 12.3. The van der Waals surface area contributed by atoms with Gasteiger partial charge in [0, 0.05) is 17.0 Å². The fourth-order valence-electron chi connectivity index (χ4n) is 2.16. The number of benzene rings is 2. The molecule has 0 spiro atoms. The van der Waals surface area contributed by atoms with Crippen LogP contribution in [0.4, 0.5) is 0 Å². The zero-order valence-corrected chi connectivity index (χ0v) is 15.6. The molecule has 0 bridgehead atoms. The highest BCUT2D eigenvalue weighted by Crippen LogP contribution is 2.21. The van der Waals surface area contributed by atoms with Crippen LogP contribution in [0.15, 0.2) is 48.5 Å². The Bertz CT molecular complexity index is 832. The van der Waals surface area contributed by atoms with Crippen molar-refractivity contribution in [3.05, 3.63) is 70.2 Å². The van der Waals surface area contributed by atoms with Crippen molar-refractivity contribution in [3.8, 4) is 0 Å². The molecule has 2 aromatic carbocycles. The molecule has 0 heterocycles. The number of carbonyl (C=O) groups excluding carboxylic acids is 1. The van der Waals surface area contributed by atoms with Crippen LogP contribution in [0.2, 0.25) is 5.02 Å². The van der Waals surface area contributed by atoms with Crippen molar-refractivity contribution in [2.24, 2.45) is 0 Å². The van der Waals surface area contributed by atoms with Crippen LogP contribution >= 0.6 is 11.6 Å². The van der Waals surface area contributed by atoms with Gasteiger partial charge in [0.2, 0.25) is 0 Å². The Morgan fingerprint density at radius 2 is 1.62 bits per heavy atom. The highest BCUT2D eigenvalue weighted by atomic mass is 35.5. The minimum absolute atomic E-state index is 0.0255. The topological polar surface area (TPSA) is 51.2 Å². The molecular weight excluding hydrogens is 344 g/mol. The summed E-state index contributed by atoms with van der Waals surface area (Å²) in [7, 11) is -3.24. The van der Waals surface area contributed by atoms with E-state index in [9.17, 15) is 13.2 Å². The van der Waals surface area contributed by atoms with Crippen LogP contribution in [0.1, 0.15) is 42.3 Å². The Morgan fingerprint density at radius 3 is 2.17 bits per heavy atom. The Labute approximate surface area is 148 Å². The molecule has 0 aliphatic heterocycles. The number of hydrogen-bond donors (Lipinski definition) is 0. The largest absolute Gasteiger partial charge is 0.294 e. The summed E-state index contributed by atoms with van der Waals surface area (Å²) in [6.07, 6.45) is 0.264. The normalized spacial score (nSPS) is 12.2. The van der Waals surface area contributed by atoms with Crippen LogP contribution in [-0.4, -0.2) is 18.9 Å². The standard InChI is InChI=1S/C19H21ClO3S/c1-19(2,3)24(22,23)13-14-7-9-16(10-8-14)18(21)12-15-5-4-6-17(20)11-15/h4-11H,12-13H2,1-3H3. The molecule has 0 atom stereocenters. The van der Waals surface area contributed by atoms with E-state index in [1.54, 1.807) is 57.2 Å². The van der Waals surface area contributed by atoms with Crippen molar-refractivity contribution in [3.63, 3.8) is 0 Å². The van der Waals surface area contributed by atoms with E-state index in [2.05, 4.69) is 0 Å². The van der Waals surface area contributed by atoms with Crippen molar-refractivity contribution in [1.82, 2.24) is 0 Å². The first kappa shape index (κ1) is 18.7. The molecule has 2 rings (SSSR count). The SMILES string of the molecule is CC(C)(C)S(=O)(=O)Cc1ccc(C(=O)Cc2cccc(Cl)c2)cc1. The molecule has 0 saturated heterocycles. The molecule has 0 N–H and O–H groups in total. The fraction of sp³-hybridized carbons (Fsp3) is 0.316. The Hall–Kier alpha value is -1.65. The number of ketones is 1. The molecule has 128 valence electrons. The van der Waals surface area contributed by atoms with Gasteiger partial charge in [-0.25, -0.2) is 8.42 Å². The van der Waals surface area contributed by atoms with Gasteiger partial charge in [-0.3, -0.25) is 4.79 Å². The molecule has 3 nitrogen and oxygen atoms in total. The van der Waals surface area contributed by atoms with Crippen LogP contribution in [0.3, 0.4) is 0 Å². The van der Waals surface area contributed by atoms with E-state index in [4.69, 9.17) is 11.6 Å². The number of rotatable bonds is 5. The van der Waals surface area contributed by atoms with Gasteiger partial charge in [0.25, 0.3) is 0 Å². The number of sulfone groups is 1. The van der Waals surface area contributed by atoms with Crippen LogP contribution in [0.5, 0.6) is 0 Å². The third-order valence-corrected chi connectivity index (χ3v) is 6.63. The van der Waals surface area contributed by atoms with Crippen molar-refractivity contribution in [2.75, 3.05) is 0 Å². The predicted octanol–water partition coefficient (Wildman–Crippen LogP) is 4.48. The van der Waals surface area contributed by atoms with Gasteiger partial charge in [-0.15, -0.1) is 0 Å². The average molecular weight is 365 g/mol. The van der Waals surface area contributed by atoms with E-state index in [-0.39, 0.29) is 18.0 Å². The van der Waals surface area contributed by atoms with E-state index in [1.165, 1.54) is 0 Å². The summed E-state index contributed by atoms with van der Waals surface area (Å²) >= 11 is 5.93. The Balaban J connectivity index is 2.10. The van der Waals surface area contributed by atoms with Crippen LogP contribution in [-0.2, 0) is 22.0 Å². The van der Waals surface area contributed by atoms with Crippen molar-refractivity contribution < 1.29 is 13.2 Å². The smallest absolute Gasteiger partial charge is 0.167 e. The van der Waals surface area contributed by atoms with Crippen molar-refractivity contribution in [1.29, 1.82) is 0 Å². The van der Waals surface area contributed by atoms with Crippen LogP contribution in [0.25, 0.3) is 0 Å². The molecular formula is C19H21ClO3S. The second kappa shape index (κ2) is 7.08. The van der Waals surface area contributed by atoms with Crippen LogP contribution in [0, 0.1) is 0 Å². The lowest BCUT2D eigenvalue weighted by Gasteiger charge is -2.19. The molecule has 0 aliphatic rings. The summed E-state index contributed by atoms with van der Waals surface area (Å²) in [5.41, 5.74) is 2.10. The highest BCUT2D eigenvalue weighted by Gasteiger charge is 2.28. The van der Waals surface area contributed by atoms with Gasteiger partial charge in [-0.05, 0) is 44.0 Å². The molecule has 0 fully saturated rings. The monoisotopic (exact) mass is 364 g/mol. The van der Waals surface area contributed by atoms with Crippen LogP contribution < -0.4 is 0 Å². The van der Waals surface area contributed by atoms with Gasteiger partial charge in [0.05, 0.1) is 10.5 Å². The molecule has 0 unspecified atom stereocenters. The maximum Gasteiger partial charge on any atom is 0.167 e. The van der Waals surface area contributed by atoms with Gasteiger partial charge >= 0.3 is 0 Å². The Kier molecular flexibility index (Phi) is 5.51. The fourth-order valence-corrected chi connectivity index (χ4v) is 3.43. The zero-order chi connectivity index (χ0) is 18.0. The minimum atomic E-state index is -3.24. The van der Waals surface area contributed by atoms with Gasteiger partial charge in [-0.2, -0.15) is 0 Å². The Morgan fingerprint density at radius 1 is 1.00 bits per heavy atom. The van der Waals surface area contributed by atoms with Gasteiger partial charge in [-0.1, -0.05) is 48.0 Å². The summed E-state index contributed by atoms with van der Waals surface area (Å²) in [5.74, 6) is -0.0540. The van der Waals surface area contributed by atoms with Crippen molar-refractivity contribution >= 4 is 27.2 Å². The van der Waals surface area contributed by atoms with Gasteiger partial charge < -0.3 is 0 Å². The number of Topliss-reactive ketones (excluding diaryl/α,β-unsaturated/α-hetero) is 1. The van der Waals surface area contributed by atoms with Gasteiger partial charge in [0.1, 0.15) is 0 Å². The summed E-state index contributed by atoms with van der Waals surface area (Å²) in [4.78, 5) is 12.3. The predicted molar refractivity (Wildman–Crippen MR) is 98.3 cm³/mol. The summed E-state index contributed by atoms with van der Waals surface area (Å²) < 4.78 is 23.7. The molecule has 0 amide bonds. The van der Waals surface area contributed by atoms with E-state index in [1.807, 2.05) is 12.1 Å². The highest BCUT2D eigenvalue weighted by molar-refractivity contribution is 7.91. The molecule has 0 radical (unpaired) electrons. The lowest BCUT2D eigenvalue weighted by atomic mass is 10.0. The molecule has 0 aliphatic carbocycles. The molecule has 5 heteroatoms. The number of carbonyl (C=O) groups is 1. The van der Waals surface area contributed by atoms with Gasteiger partial charge in [0.15, 0.2) is 15.6 Å². The lowest BCUT2D eigenvalue weighted by molar-refractivity contribution is 0.0993. The second-order valence-electron chi connectivity index (χ2n) is 6.80. The quantitative estimate of drug-likeness (QED) is 0.735. The zero-order valence-electron chi connectivity index (χ0n) is 14.0. The average Bonchev–Trinajstić information content (AvgIpc) is 2.46. The lowest BCUT2D eigenvalue weighted by Crippen LogP contribution is -2.29. The summed E-state index contributed by atoms with van der Waals surface area (Å²) in [5, 5.41) is 0.600.